The molecular formula is C26H23N5O3S2. The molecule has 0 spiro atoms. The van der Waals surface area contributed by atoms with Crippen LogP contribution in [0.3, 0.4) is 0 Å². The zero-order chi connectivity index (χ0) is 24.8. The van der Waals surface area contributed by atoms with E-state index in [9.17, 15) is 9.59 Å². The van der Waals surface area contributed by atoms with E-state index < -0.39 is 0 Å². The normalized spacial score (nSPS) is 13.2. The summed E-state index contributed by atoms with van der Waals surface area (Å²) in [5, 5.41) is 4.77. The van der Waals surface area contributed by atoms with Crippen molar-refractivity contribution in [2.24, 2.45) is 0 Å². The minimum Gasteiger partial charge on any atom is -0.450 e. The summed E-state index contributed by atoms with van der Waals surface area (Å²) < 4.78 is 8.12. The Labute approximate surface area is 215 Å². The number of aryl methyl sites for hydroxylation is 1. The Morgan fingerprint density at radius 1 is 1.11 bits per heavy atom. The number of imidazole rings is 1. The number of hydrogen-bond donors (Lipinski definition) is 1. The summed E-state index contributed by atoms with van der Waals surface area (Å²) in [5.41, 5.74) is 4.89. The Morgan fingerprint density at radius 2 is 1.94 bits per heavy atom. The van der Waals surface area contributed by atoms with Gasteiger partial charge >= 0.3 is 6.09 Å². The van der Waals surface area contributed by atoms with Gasteiger partial charge in [-0.1, -0.05) is 18.2 Å². The zero-order valence-electron chi connectivity index (χ0n) is 19.8. The molecule has 0 atom stereocenters. The number of carbonyl (C=O) groups excluding carboxylic acids is 2. The quantitative estimate of drug-likeness (QED) is 0.328. The molecule has 10 heteroatoms. The average molecular weight is 518 g/mol. The van der Waals surface area contributed by atoms with Crippen LogP contribution in [0, 0.1) is 6.92 Å². The van der Waals surface area contributed by atoms with Gasteiger partial charge in [-0.25, -0.2) is 14.8 Å². The van der Waals surface area contributed by atoms with E-state index in [-0.39, 0.29) is 12.0 Å². The first-order chi connectivity index (χ1) is 17.5. The molecule has 1 N–H and O–H groups in total. The first kappa shape index (κ1) is 22.7. The molecule has 0 unspecified atom stereocenters. The molecule has 0 radical (unpaired) electrons. The van der Waals surface area contributed by atoms with Gasteiger partial charge in [-0.2, -0.15) is 0 Å². The van der Waals surface area contributed by atoms with Gasteiger partial charge in [0.1, 0.15) is 21.3 Å². The van der Waals surface area contributed by atoms with Gasteiger partial charge in [0.2, 0.25) is 0 Å². The molecular weight excluding hydrogens is 494 g/mol. The summed E-state index contributed by atoms with van der Waals surface area (Å²) in [6.07, 6.45) is 2.19. The minimum atomic E-state index is -0.315. The summed E-state index contributed by atoms with van der Waals surface area (Å²) >= 11 is 3.11. The maximum Gasteiger partial charge on any atom is 0.410 e. The van der Waals surface area contributed by atoms with Crippen LogP contribution in [0.1, 0.15) is 33.5 Å². The molecule has 0 aliphatic carbocycles. The number of amides is 2. The second-order valence-corrected chi connectivity index (χ2v) is 10.6. The number of hydrogen-bond acceptors (Lipinski definition) is 7. The maximum absolute atomic E-state index is 13.6. The van der Waals surface area contributed by atoms with Crippen LogP contribution in [0.25, 0.3) is 26.4 Å². The third-order valence-corrected chi connectivity index (χ3v) is 8.42. The second kappa shape index (κ2) is 9.03. The fourth-order valence-corrected chi connectivity index (χ4v) is 6.99. The average Bonchev–Trinajstić information content (AvgIpc) is 3.55. The van der Waals surface area contributed by atoms with Crippen LogP contribution in [-0.4, -0.2) is 44.4 Å². The Bertz CT molecular complexity index is 1600. The maximum atomic E-state index is 13.6. The molecule has 0 saturated heterocycles. The number of anilines is 1. The van der Waals surface area contributed by atoms with E-state index in [1.165, 1.54) is 11.3 Å². The largest absolute Gasteiger partial charge is 0.450 e. The molecule has 0 bridgehead atoms. The highest BCUT2D eigenvalue weighted by Gasteiger charge is 2.30. The van der Waals surface area contributed by atoms with Crippen LogP contribution in [0.4, 0.5) is 9.80 Å². The van der Waals surface area contributed by atoms with Gasteiger partial charge in [0.25, 0.3) is 5.91 Å². The molecule has 1 aliphatic rings. The zero-order valence-corrected chi connectivity index (χ0v) is 21.4. The van der Waals surface area contributed by atoms with Gasteiger partial charge < -0.3 is 15.0 Å². The first-order valence-electron chi connectivity index (χ1n) is 11.7. The van der Waals surface area contributed by atoms with Crippen LogP contribution in [0.2, 0.25) is 0 Å². The molecule has 8 nitrogen and oxygen atoms in total. The van der Waals surface area contributed by atoms with Crippen molar-refractivity contribution in [2.75, 3.05) is 18.5 Å². The van der Waals surface area contributed by atoms with E-state index in [4.69, 9.17) is 9.72 Å². The fourth-order valence-electron chi connectivity index (χ4n) is 4.62. The van der Waals surface area contributed by atoms with Crippen LogP contribution in [0.15, 0.2) is 48.7 Å². The van der Waals surface area contributed by atoms with Crippen molar-refractivity contribution in [1.29, 1.82) is 0 Å². The van der Waals surface area contributed by atoms with Crippen LogP contribution in [0.5, 0.6) is 0 Å². The number of para-hydroxylation sites is 1. The van der Waals surface area contributed by atoms with Crippen molar-refractivity contribution < 1.29 is 14.3 Å². The summed E-state index contributed by atoms with van der Waals surface area (Å²) in [7, 11) is 0. The Balaban J connectivity index is 1.43. The number of fused-ring (bicyclic) bond motifs is 3. The number of rotatable bonds is 4. The van der Waals surface area contributed by atoms with Gasteiger partial charge in [-0.15, -0.1) is 22.7 Å². The molecule has 5 heterocycles. The van der Waals surface area contributed by atoms with Gasteiger partial charge in [0.05, 0.1) is 29.1 Å². The van der Waals surface area contributed by atoms with Gasteiger partial charge in [-0.3, -0.25) is 9.20 Å². The molecule has 6 rings (SSSR count). The predicted molar refractivity (Wildman–Crippen MR) is 142 cm³/mol. The summed E-state index contributed by atoms with van der Waals surface area (Å²) in [5.74, 6) is -0.227. The number of thiazole rings is 1. The van der Waals surface area contributed by atoms with Crippen molar-refractivity contribution in [2.45, 2.75) is 26.8 Å². The van der Waals surface area contributed by atoms with Gasteiger partial charge in [0, 0.05) is 23.2 Å². The highest BCUT2D eigenvalue weighted by molar-refractivity contribution is 7.23. The van der Waals surface area contributed by atoms with Crippen molar-refractivity contribution in [3.8, 4) is 10.6 Å². The third-order valence-electron chi connectivity index (χ3n) is 6.24. The lowest BCUT2D eigenvalue weighted by Crippen LogP contribution is -2.35. The monoisotopic (exact) mass is 517 g/mol. The number of thiophene rings is 1. The van der Waals surface area contributed by atoms with E-state index in [1.807, 2.05) is 49.5 Å². The van der Waals surface area contributed by atoms with E-state index >= 15 is 0 Å². The Hall–Kier alpha value is -3.76. The molecule has 182 valence electrons. The highest BCUT2D eigenvalue weighted by atomic mass is 32.1. The first-order valence-corrected chi connectivity index (χ1v) is 13.3. The molecule has 0 saturated carbocycles. The molecule has 2 amide bonds. The van der Waals surface area contributed by atoms with E-state index in [0.29, 0.717) is 37.5 Å². The van der Waals surface area contributed by atoms with E-state index in [0.717, 1.165) is 41.9 Å². The van der Waals surface area contributed by atoms with Crippen molar-refractivity contribution in [1.82, 2.24) is 19.3 Å². The molecule has 5 aromatic rings. The molecule has 36 heavy (non-hydrogen) atoms. The molecule has 4 aromatic heterocycles. The lowest BCUT2D eigenvalue weighted by atomic mass is 10.0. The Kier molecular flexibility index (Phi) is 5.69. The number of ether oxygens (including phenoxy) is 1. The number of pyridine rings is 1. The third kappa shape index (κ3) is 3.82. The van der Waals surface area contributed by atoms with Crippen LogP contribution < -0.4 is 5.32 Å². The molecule has 1 aromatic carbocycles. The second-order valence-electron chi connectivity index (χ2n) is 8.49. The minimum absolute atomic E-state index is 0.227. The number of nitrogens with zero attached hydrogens (tertiary/aromatic N) is 4. The Morgan fingerprint density at radius 3 is 2.78 bits per heavy atom. The highest BCUT2D eigenvalue weighted by Crippen LogP contribution is 2.46. The molecule has 1 aliphatic heterocycles. The smallest absolute Gasteiger partial charge is 0.410 e. The number of benzene rings is 1. The number of nitrogens with one attached hydrogen (secondary N) is 1. The topological polar surface area (TPSA) is 88.8 Å². The number of aromatic nitrogens is 3. The summed E-state index contributed by atoms with van der Waals surface area (Å²) in [6.45, 7) is 4.98. The number of carbonyl (C=O) groups is 2. The van der Waals surface area contributed by atoms with Crippen LogP contribution >= 0.6 is 22.7 Å². The summed E-state index contributed by atoms with van der Waals surface area (Å²) in [4.78, 5) is 38.1. The standard InChI is InChI=1S/C26H23N5O3S2/c1-3-34-26(33)30-13-11-16-19(14-30)36-25(21(16)24-28-17-8-4-5-9-18(17)35-24)29-23(32)22-15(2)27-20-10-6-7-12-31(20)22/h4-10,12H,3,11,13-14H2,1-2H3,(H,29,32). The van der Waals surface area contributed by atoms with Crippen molar-refractivity contribution in [3.05, 3.63) is 70.5 Å². The lowest BCUT2D eigenvalue weighted by Gasteiger charge is -2.26. The predicted octanol–water partition coefficient (Wildman–Crippen LogP) is 5.75. The fraction of sp³-hybridized carbons (Fsp3) is 0.231. The SMILES string of the molecule is CCOC(=O)N1CCc2c(sc(NC(=O)c3c(C)nc4ccccn34)c2-c2nc3ccccc3s2)C1. The van der Waals surface area contributed by atoms with Crippen molar-refractivity contribution >= 4 is 55.5 Å². The van der Waals surface area contributed by atoms with Gasteiger partial charge in [0.15, 0.2) is 0 Å². The lowest BCUT2D eigenvalue weighted by molar-refractivity contribution is 0.101. The van der Waals surface area contributed by atoms with Gasteiger partial charge in [-0.05, 0) is 50.1 Å². The molecule has 0 fully saturated rings. The van der Waals surface area contributed by atoms with Crippen molar-refractivity contribution in [3.63, 3.8) is 0 Å². The summed E-state index contributed by atoms with van der Waals surface area (Å²) in [6, 6.07) is 13.7. The van der Waals surface area contributed by atoms with E-state index in [2.05, 4.69) is 16.4 Å². The van der Waals surface area contributed by atoms with E-state index in [1.54, 1.807) is 27.6 Å². The van der Waals surface area contributed by atoms with Crippen LogP contribution in [-0.2, 0) is 17.7 Å².